The summed E-state index contributed by atoms with van der Waals surface area (Å²) < 4.78 is 0. The van der Waals surface area contributed by atoms with Crippen molar-refractivity contribution in [2.75, 3.05) is 6.54 Å². The van der Waals surface area contributed by atoms with Gasteiger partial charge < -0.3 is 16.2 Å². The molecular formula is C13H26N2O2S. The maximum atomic E-state index is 11.7. The number of likely N-dealkylation sites (N-methyl/N-ethyl adjacent to an activating group) is 1. The minimum absolute atomic E-state index is 0.195. The van der Waals surface area contributed by atoms with Gasteiger partial charge in [0.05, 0.1) is 11.6 Å². The van der Waals surface area contributed by atoms with Crippen molar-refractivity contribution in [2.45, 2.75) is 68.6 Å². The van der Waals surface area contributed by atoms with Crippen molar-refractivity contribution in [1.82, 2.24) is 5.32 Å². The number of hydrogen-bond acceptors (Lipinski definition) is 4. The molecule has 0 aromatic heterocycles. The van der Waals surface area contributed by atoms with Crippen molar-refractivity contribution < 1.29 is 9.90 Å². The highest BCUT2D eigenvalue weighted by Gasteiger charge is 2.41. The molecule has 1 aliphatic rings. The molecule has 4 nitrogen and oxygen atoms in total. The topological polar surface area (TPSA) is 75.3 Å². The standard InChI is InChI=1S/C13H26N2O2S/c1-4-15-13(12(14)17)7-5-6-11(8-13)18-10(3)9(2)16/h9-11,15-16H,4-8H2,1-3H3,(H2,14,17). The van der Waals surface area contributed by atoms with Gasteiger partial charge in [-0.1, -0.05) is 13.8 Å². The Kier molecular flexibility index (Phi) is 5.95. The van der Waals surface area contributed by atoms with Crippen LogP contribution >= 0.6 is 11.8 Å². The Bertz CT molecular complexity index is 282. The van der Waals surface area contributed by atoms with Gasteiger partial charge in [0.25, 0.3) is 0 Å². The van der Waals surface area contributed by atoms with Crippen molar-refractivity contribution in [2.24, 2.45) is 5.73 Å². The lowest BCUT2D eigenvalue weighted by molar-refractivity contribution is -0.125. The van der Waals surface area contributed by atoms with Crippen LogP contribution in [0.5, 0.6) is 0 Å². The molecular weight excluding hydrogens is 248 g/mol. The Morgan fingerprint density at radius 2 is 2.28 bits per heavy atom. The summed E-state index contributed by atoms with van der Waals surface area (Å²) in [5.74, 6) is -0.237. The van der Waals surface area contributed by atoms with Crippen LogP contribution in [-0.2, 0) is 4.79 Å². The second-order valence-corrected chi connectivity index (χ2v) is 6.96. The van der Waals surface area contributed by atoms with E-state index in [1.165, 1.54) is 0 Å². The average molecular weight is 274 g/mol. The third-order valence-electron chi connectivity index (χ3n) is 3.78. The molecule has 0 radical (unpaired) electrons. The molecule has 0 aliphatic heterocycles. The van der Waals surface area contributed by atoms with Crippen LogP contribution < -0.4 is 11.1 Å². The lowest BCUT2D eigenvalue weighted by Gasteiger charge is -2.39. The molecule has 1 fully saturated rings. The molecule has 5 heteroatoms. The number of primary amides is 1. The van der Waals surface area contributed by atoms with Gasteiger partial charge in [-0.25, -0.2) is 0 Å². The molecule has 1 rings (SSSR count). The zero-order chi connectivity index (χ0) is 13.8. The number of amides is 1. The third kappa shape index (κ3) is 3.87. The van der Waals surface area contributed by atoms with Crippen molar-refractivity contribution >= 4 is 17.7 Å². The predicted octanol–water partition coefficient (Wildman–Crippen LogP) is 1.27. The normalized spacial score (nSPS) is 31.9. The summed E-state index contributed by atoms with van der Waals surface area (Å²) in [7, 11) is 0. The molecule has 0 heterocycles. The molecule has 4 unspecified atom stereocenters. The summed E-state index contributed by atoms with van der Waals surface area (Å²) in [6.45, 7) is 6.60. The zero-order valence-electron chi connectivity index (χ0n) is 11.6. The van der Waals surface area contributed by atoms with E-state index in [0.29, 0.717) is 5.25 Å². The number of carbonyl (C=O) groups excluding carboxylic acids is 1. The quantitative estimate of drug-likeness (QED) is 0.682. The van der Waals surface area contributed by atoms with Gasteiger partial charge in [0.15, 0.2) is 0 Å². The van der Waals surface area contributed by atoms with E-state index >= 15 is 0 Å². The first-order valence-electron chi connectivity index (χ1n) is 6.79. The Hall–Kier alpha value is -0.260. The zero-order valence-corrected chi connectivity index (χ0v) is 12.4. The smallest absolute Gasteiger partial charge is 0.237 e. The van der Waals surface area contributed by atoms with Gasteiger partial charge >= 0.3 is 0 Å². The summed E-state index contributed by atoms with van der Waals surface area (Å²) >= 11 is 1.78. The number of thioether (sulfide) groups is 1. The number of aliphatic hydroxyl groups is 1. The summed E-state index contributed by atoms with van der Waals surface area (Å²) in [6.07, 6.45) is 3.40. The number of nitrogens with one attached hydrogen (secondary N) is 1. The fourth-order valence-corrected chi connectivity index (χ4v) is 4.09. The van der Waals surface area contributed by atoms with Gasteiger partial charge in [0.2, 0.25) is 5.91 Å². The minimum atomic E-state index is -0.539. The first-order valence-corrected chi connectivity index (χ1v) is 7.74. The Balaban J connectivity index is 2.66. The molecule has 4 N–H and O–H groups in total. The van der Waals surface area contributed by atoms with Crippen LogP contribution in [-0.4, -0.2) is 39.7 Å². The van der Waals surface area contributed by atoms with Crippen LogP contribution in [0.3, 0.4) is 0 Å². The lowest BCUT2D eigenvalue weighted by atomic mass is 9.80. The summed E-state index contributed by atoms with van der Waals surface area (Å²) in [6, 6.07) is 0. The van der Waals surface area contributed by atoms with Crippen molar-refractivity contribution in [3.05, 3.63) is 0 Å². The van der Waals surface area contributed by atoms with Gasteiger partial charge in [-0.3, -0.25) is 4.79 Å². The van der Waals surface area contributed by atoms with Gasteiger partial charge in [0.1, 0.15) is 0 Å². The number of carbonyl (C=O) groups is 1. The molecule has 0 aromatic carbocycles. The molecule has 0 aromatic rings. The molecule has 1 amide bonds. The Morgan fingerprint density at radius 3 is 2.78 bits per heavy atom. The number of aliphatic hydroxyl groups excluding tert-OH is 1. The molecule has 1 aliphatic carbocycles. The fourth-order valence-electron chi connectivity index (χ4n) is 2.57. The third-order valence-corrected chi connectivity index (χ3v) is 5.39. The SMILES string of the molecule is CCNC1(C(N)=O)CCCC(SC(C)C(C)O)C1. The monoisotopic (exact) mass is 274 g/mol. The molecule has 0 spiro atoms. The van der Waals surface area contributed by atoms with E-state index in [2.05, 4.69) is 5.32 Å². The van der Waals surface area contributed by atoms with Crippen LogP contribution in [0.1, 0.15) is 46.5 Å². The first kappa shape index (κ1) is 15.8. The van der Waals surface area contributed by atoms with Crippen LogP contribution in [0.25, 0.3) is 0 Å². The van der Waals surface area contributed by atoms with E-state index in [1.54, 1.807) is 11.8 Å². The van der Waals surface area contributed by atoms with Gasteiger partial charge in [-0.15, -0.1) is 0 Å². The van der Waals surface area contributed by atoms with Crippen LogP contribution in [0.15, 0.2) is 0 Å². The average Bonchev–Trinajstić information content (AvgIpc) is 2.29. The van der Waals surface area contributed by atoms with Crippen LogP contribution in [0.2, 0.25) is 0 Å². The van der Waals surface area contributed by atoms with Crippen molar-refractivity contribution in [3.63, 3.8) is 0 Å². The molecule has 106 valence electrons. The number of hydrogen-bond donors (Lipinski definition) is 3. The van der Waals surface area contributed by atoms with E-state index in [0.717, 1.165) is 32.2 Å². The maximum absolute atomic E-state index is 11.7. The predicted molar refractivity (Wildman–Crippen MR) is 76.6 cm³/mol. The molecule has 0 bridgehead atoms. The fraction of sp³-hybridized carbons (Fsp3) is 0.923. The highest BCUT2D eigenvalue weighted by atomic mass is 32.2. The second kappa shape index (κ2) is 6.78. The van der Waals surface area contributed by atoms with E-state index in [4.69, 9.17) is 5.73 Å². The lowest BCUT2D eigenvalue weighted by Crippen LogP contribution is -2.58. The highest BCUT2D eigenvalue weighted by molar-refractivity contribution is 8.00. The van der Waals surface area contributed by atoms with E-state index in [1.807, 2.05) is 20.8 Å². The van der Waals surface area contributed by atoms with Crippen molar-refractivity contribution in [1.29, 1.82) is 0 Å². The van der Waals surface area contributed by atoms with Crippen molar-refractivity contribution in [3.8, 4) is 0 Å². The molecule has 4 atom stereocenters. The first-order chi connectivity index (χ1) is 8.41. The summed E-state index contributed by atoms with van der Waals surface area (Å²) in [5, 5.41) is 13.4. The van der Waals surface area contributed by atoms with Gasteiger partial charge in [-0.05, 0) is 39.2 Å². The molecule has 0 saturated heterocycles. The largest absolute Gasteiger partial charge is 0.392 e. The van der Waals surface area contributed by atoms with E-state index in [-0.39, 0.29) is 17.3 Å². The molecule has 18 heavy (non-hydrogen) atoms. The van der Waals surface area contributed by atoms with E-state index in [9.17, 15) is 9.90 Å². The van der Waals surface area contributed by atoms with Crippen LogP contribution in [0, 0.1) is 0 Å². The van der Waals surface area contributed by atoms with Gasteiger partial charge in [-0.2, -0.15) is 11.8 Å². The maximum Gasteiger partial charge on any atom is 0.237 e. The molecule has 1 saturated carbocycles. The number of nitrogens with two attached hydrogens (primary N) is 1. The van der Waals surface area contributed by atoms with E-state index < -0.39 is 5.54 Å². The Morgan fingerprint density at radius 1 is 1.61 bits per heavy atom. The second-order valence-electron chi connectivity index (χ2n) is 5.28. The van der Waals surface area contributed by atoms with Gasteiger partial charge in [0, 0.05) is 10.5 Å². The number of rotatable bonds is 6. The summed E-state index contributed by atoms with van der Waals surface area (Å²) in [4.78, 5) is 11.7. The Labute approximate surface area is 114 Å². The minimum Gasteiger partial charge on any atom is -0.392 e. The summed E-state index contributed by atoms with van der Waals surface area (Å²) in [5.41, 5.74) is 5.04. The van der Waals surface area contributed by atoms with Crippen LogP contribution in [0.4, 0.5) is 0 Å². The highest BCUT2D eigenvalue weighted by Crippen LogP contribution is 2.37.